The van der Waals surface area contributed by atoms with E-state index in [4.69, 9.17) is 28.9 Å². The molecule has 0 bridgehead atoms. The zero-order chi connectivity index (χ0) is 46.1. The Balaban J connectivity index is 0.000000189. The van der Waals surface area contributed by atoms with Crippen molar-refractivity contribution in [2.45, 2.75) is 19.9 Å². The largest absolute Gasteiger partial charge is 0.506 e. The SMILES string of the molecule is Cc1cc(Cl)cnc1N.Cc1cc(Cl)cnc1NC(c1ccc2cccnc2c1O)c1c(F)c(F)cc(F)c1F.O=Cc1c(F)c(F)cc(F)c1F.Oc1cccc2cccnc12. The van der Waals surface area contributed by atoms with Crippen molar-refractivity contribution in [3.05, 3.63) is 188 Å². The van der Waals surface area contributed by atoms with Crippen molar-refractivity contribution in [3.8, 4) is 11.5 Å². The third-order valence-corrected chi connectivity index (χ3v) is 9.22. The van der Waals surface area contributed by atoms with Crippen LogP contribution < -0.4 is 11.1 Å². The highest BCUT2D eigenvalue weighted by Gasteiger charge is 2.30. The molecule has 8 rings (SSSR count). The summed E-state index contributed by atoms with van der Waals surface area (Å²) in [5, 5.41) is 25.4. The van der Waals surface area contributed by atoms with E-state index in [1.807, 2.05) is 25.1 Å². The minimum Gasteiger partial charge on any atom is -0.506 e. The maximum absolute atomic E-state index is 14.7. The number of hydrogen-bond donors (Lipinski definition) is 4. The van der Waals surface area contributed by atoms with Crippen molar-refractivity contribution < 1.29 is 50.1 Å². The third kappa shape index (κ3) is 11.0. The lowest BCUT2D eigenvalue weighted by Gasteiger charge is -2.24. The van der Waals surface area contributed by atoms with Crippen LogP contribution in [-0.4, -0.2) is 36.4 Å². The van der Waals surface area contributed by atoms with Gasteiger partial charge in [-0.05, 0) is 55.3 Å². The highest BCUT2D eigenvalue weighted by molar-refractivity contribution is 6.30. The normalized spacial score (nSPS) is 11.0. The summed E-state index contributed by atoms with van der Waals surface area (Å²) in [5.74, 6) is -12.3. The van der Waals surface area contributed by atoms with E-state index in [-0.39, 0.29) is 41.1 Å². The number of carbonyl (C=O) groups excluding carboxylic acids is 1. The van der Waals surface area contributed by atoms with Gasteiger partial charge in [-0.15, -0.1) is 0 Å². The zero-order valence-electron chi connectivity index (χ0n) is 32.4. The van der Waals surface area contributed by atoms with Gasteiger partial charge in [-0.2, -0.15) is 0 Å². The molecule has 1 atom stereocenters. The Morgan fingerprint density at radius 3 is 1.67 bits per heavy atom. The quantitative estimate of drug-likeness (QED) is 0.0752. The fourth-order valence-corrected chi connectivity index (χ4v) is 6.12. The number of aromatic hydroxyl groups is 2. The molecular weight excluding hydrogens is 883 g/mol. The number of phenolic OH excluding ortho intramolecular Hbond substituents is 2. The van der Waals surface area contributed by atoms with E-state index in [1.54, 1.807) is 55.6 Å². The van der Waals surface area contributed by atoms with E-state index < -0.39 is 69.5 Å². The summed E-state index contributed by atoms with van der Waals surface area (Å²) in [4.78, 5) is 26.0. The molecule has 0 saturated heterocycles. The van der Waals surface area contributed by atoms with Crippen LogP contribution in [0.25, 0.3) is 21.8 Å². The number of aldehydes is 1. The van der Waals surface area contributed by atoms with Crippen molar-refractivity contribution >= 4 is 62.9 Å². The molecular formula is C44H30Cl2F8N6O3. The number of nitrogens with two attached hydrogens (primary N) is 1. The number of hydrogen-bond acceptors (Lipinski definition) is 9. The summed E-state index contributed by atoms with van der Waals surface area (Å²) in [6.45, 7) is 3.51. The summed E-state index contributed by atoms with van der Waals surface area (Å²) in [7, 11) is 0. The molecule has 0 aliphatic rings. The molecule has 0 fully saturated rings. The maximum atomic E-state index is 14.7. The molecule has 0 aliphatic heterocycles. The van der Waals surface area contributed by atoms with Crippen LogP contribution in [0.2, 0.25) is 10.0 Å². The number of halogens is 10. The predicted octanol–water partition coefficient (Wildman–Crippen LogP) is 11.7. The van der Waals surface area contributed by atoms with Crippen molar-refractivity contribution in [1.82, 2.24) is 19.9 Å². The van der Waals surface area contributed by atoms with Crippen LogP contribution in [0.1, 0.15) is 38.7 Å². The van der Waals surface area contributed by atoms with Crippen molar-refractivity contribution in [2.24, 2.45) is 0 Å². The summed E-state index contributed by atoms with van der Waals surface area (Å²) in [6.07, 6.45) is 5.65. The molecule has 0 spiro atoms. The highest BCUT2D eigenvalue weighted by atomic mass is 35.5. The molecule has 1 unspecified atom stereocenters. The van der Waals surface area contributed by atoms with Crippen LogP contribution in [0, 0.1) is 60.4 Å². The lowest BCUT2D eigenvalue weighted by molar-refractivity contribution is 0.111. The van der Waals surface area contributed by atoms with Crippen LogP contribution in [0.3, 0.4) is 0 Å². The number of rotatable bonds is 5. The number of nitrogens with one attached hydrogen (secondary N) is 1. The van der Waals surface area contributed by atoms with Gasteiger partial charge < -0.3 is 21.3 Å². The molecule has 63 heavy (non-hydrogen) atoms. The van der Waals surface area contributed by atoms with Gasteiger partial charge in [0.1, 0.15) is 34.2 Å². The minimum absolute atomic E-state index is 0.0394. The predicted molar refractivity (Wildman–Crippen MR) is 223 cm³/mol. The lowest BCUT2D eigenvalue weighted by atomic mass is 9.94. The molecule has 0 aliphatic carbocycles. The Kier molecular flexibility index (Phi) is 15.4. The number of anilines is 2. The number of nitrogen functional groups attached to an aromatic ring is 1. The van der Waals surface area contributed by atoms with E-state index >= 15 is 0 Å². The average molecular weight is 914 g/mol. The Hall–Kier alpha value is -7.11. The molecule has 5 N–H and O–H groups in total. The molecule has 0 radical (unpaired) electrons. The Bertz CT molecular complexity index is 2910. The van der Waals surface area contributed by atoms with Gasteiger partial charge >= 0.3 is 0 Å². The fourth-order valence-electron chi connectivity index (χ4n) is 5.69. The van der Waals surface area contributed by atoms with E-state index in [2.05, 4.69) is 25.3 Å². The Labute approximate surface area is 362 Å². The number of pyridine rings is 4. The number of para-hydroxylation sites is 1. The van der Waals surface area contributed by atoms with Gasteiger partial charge in [0.25, 0.3) is 0 Å². The number of nitrogens with zero attached hydrogens (tertiary/aromatic N) is 4. The fraction of sp³-hybridized carbons (Fsp3) is 0.0682. The van der Waals surface area contributed by atoms with E-state index in [0.29, 0.717) is 32.3 Å². The molecule has 4 heterocycles. The highest BCUT2D eigenvalue weighted by Crippen LogP contribution is 2.39. The molecule has 0 saturated carbocycles. The van der Waals surface area contributed by atoms with Gasteiger partial charge in [0.2, 0.25) is 0 Å². The van der Waals surface area contributed by atoms with Gasteiger partial charge in [0.05, 0.1) is 27.2 Å². The average Bonchev–Trinajstić information content (AvgIpc) is 3.26. The first-order valence-electron chi connectivity index (χ1n) is 17.9. The topological polar surface area (TPSA) is 147 Å². The first-order chi connectivity index (χ1) is 29.9. The van der Waals surface area contributed by atoms with Crippen molar-refractivity contribution in [3.63, 3.8) is 0 Å². The number of aryl methyl sites for hydroxylation is 2. The summed E-state index contributed by atoms with van der Waals surface area (Å²) in [5.41, 5.74) is 5.44. The van der Waals surface area contributed by atoms with Crippen LogP contribution in [0.5, 0.6) is 11.5 Å². The Morgan fingerprint density at radius 2 is 1.14 bits per heavy atom. The number of carbonyl (C=O) groups is 1. The second kappa shape index (κ2) is 20.6. The second-order valence-corrected chi connectivity index (χ2v) is 13.9. The molecule has 324 valence electrons. The van der Waals surface area contributed by atoms with Gasteiger partial charge in [0, 0.05) is 53.3 Å². The second-order valence-electron chi connectivity index (χ2n) is 13.1. The molecule has 8 aromatic rings. The standard InChI is InChI=1S/C22H14ClF4N3O.C9H7NO.C7H2F4O.C6H7ClN2/c1-10-7-12(23)9-29-22(10)30-20(16-17(26)14(24)8-15(25)18(16)27)13-5-4-11-3-2-6-28-19(11)21(13)31;11-8-5-1-3-7-4-2-6-10-9(7)8;8-4-1-5(9)7(11)3(2-12)6(4)10;1-4-2-5(7)3-9-6(4)8/h2-9,20,31H,1H3,(H,29,30);1-6,11H;1-2H;2-3H,1H3,(H2,8,9). The van der Waals surface area contributed by atoms with Crippen molar-refractivity contribution in [2.75, 3.05) is 11.1 Å². The summed E-state index contributed by atoms with van der Waals surface area (Å²) >= 11 is 11.5. The van der Waals surface area contributed by atoms with E-state index in [0.717, 1.165) is 10.9 Å². The first-order valence-corrected chi connectivity index (χ1v) is 18.7. The van der Waals surface area contributed by atoms with Gasteiger partial charge in [0.15, 0.2) is 52.8 Å². The number of benzene rings is 4. The number of fused-ring (bicyclic) bond motifs is 2. The minimum atomic E-state index is -1.68. The molecule has 4 aromatic heterocycles. The first kappa shape index (κ1) is 46.9. The van der Waals surface area contributed by atoms with Crippen LogP contribution in [0.4, 0.5) is 46.8 Å². The third-order valence-electron chi connectivity index (χ3n) is 8.81. The van der Waals surface area contributed by atoms with E-state index in [1.165, 1.54) is 24.7 Å². The number of phenols is 2. The smallest absolute Gasteiger partial charge is 0.172 e. The van der Waals surface area contributed by atoms with Crippen LogP contribution >= 0.6 is 23.2 Å². The molecule has 19 heteroatoms. The summed E-state index contributed by atoms with van der Waals surface area (Å²) in [6, 6.07) is 17.4. The lowest BCUT2D eigenvalue weighted by Crippen LogP contribution is -2.19. The summed E-state index contributed by atoms with van der Waals surface area (Å²) < 4.78 is 107. The Morgan fingerprint density at radius 1 is 0.635 bits per heavy atom. The van der Waals surface area contributed by atoms with Gasteiger partial charge in [-0.3, -0.25) is 14.8 Å². The molecule has 4 aromatic carbocycles. The van der Waals surface area contributed by atoms with E-state index in [9.17, 15) is 50.1 Å². The monoisotopic (exact) mass is 912 g/mol. The maximum Gasteiger partial charge on any atom is 0.172 e. The van der Waals surface area contributed by atoms with Crippen molar-refractivity contribution in [1.29, 1.82) is 0 Å². The zero-order valence-corrected chi connectivity index (χ0v) is 33.9. The van der Waals surface area contributed by atoms with Crippen LogP contribution in [0.15, 0.2) is 104 Å². The molecule has 0 amide bonds. The molecule has 9 nitrogen and oxygen atoms in total. The van der Waals surface area contributed by atoms with Crippen LogP contribution in [-0.2, 0) is 0 Å². The van der Waals surface area contributed by atoms with Gasteiger partial charge in [-0.1, -0.05) is 59.6 Å². The number of aromatic nitrogens is 4. The van der Waals surface area contributed by atoms with Gasteiger partial charge in [-0.25, -0.2) is 45.1 Å².